The fourth-order valence-electron chi connectivity index (χ4n) is 5.03. The summed E-state index contributed by atoms with van der Waals surface area (Å²) in [6.45, 7) is 6.14. The smallest absolute Gasteiger partial charge is 0.227 e. The van der Waals surface area contributed by atoms with Crippen LogP contribution in [0.1, 0.15) is 35.7 Å². The Morgan fingerprint density at radius 3 is 2.51 bits per heavy atom. The van der Waals surface area contributed by atoms with E-state index in [1.54, 1.807) is 7.11 Å². The number of aromatic nitrogens is 2. The molecule has 6 nitrogen and oxygen atoms in total. The van der Waals surface area contributed by atoms with Gasteiger partial charge >= 0.3 is 0 Å². The molecule has 0 aliphatic carbocycles. The predicted octanol–water partition coefficient (Wildman–Crippen LogP) is 5.65. The molecule has 1 saturated heterocycles. The maximum atomic E-state index is 13.0. The number of anilines is 1. The molecule has 1 amide bonds. The standard InChI is InChI=1S/C29H31N3O3/c1-20-10-8-11-21(2)28(20)35-17-9-16-31-24-13-5-4-12-23(24)30-29(31)22-18-27(33)32(19-22)25-14-6-7-15-26(25)34-3/h4-8,10-15,22H,9,16-19H2,1-3H3/t22-/m1/s1. The van der Waals surface area contributed by atoms with Gasteiger partial charge in [-0.1, -0.05) is 42.5 Å². The highest BCUT2D eigenvalue weighted by Crippen LogP contribution is 2.37. The maximum absolute atomic E-state index is 13.0. The molecule has 0 N–H and O–H groups in total. The van der Waals surface area contributed by atoms with Crippen LogP contribution in [-0.2, 0) is 11.3 Å². The maximum Gasteiger partial charge on any atom is 0.227 e. The molecule has 0 saturated carbocycles. The van der Waals surface area contributed by atoms with Crippen molar-refractivity contribution < 1.29 is 14.3 Å². The van der Waals surface area contributed by atoms with Crippen LogP contribution in [0, 0.1) is 13.8 Å². The molecule has 1 aliphatic rings. The first kappa shape index (κ1) is 23.0. The van der Waals surface area contributed by atoms with Crippen LogP contribution in [0.4, 0.5) is 5.69 Å². The van der Waals surface area contributed by atoms with E-state index in [1.165, 1.54) is 0 Å². The quantitative estimate of drug-likeness (QED) is 0.313. The third kappa shape index (κ3) is 4.48. The van der Waals surface area contributed by atoms with Crippen molar-refractivity contribution in [3.05, 3.63) is 83.7 Å². The Kier molecular flexibility index (Phi) is 6.45. The lowest BCUT2D eigenvalue weighted by molar-refractivity contribution is -0.117. The number of amides is 1. The molecule has 180 valence electrons. The molecule has 4 aromatic rings. The Labute approximate surface area is 206 Å². The van der Waals surface area contributed by atoms with Crippen molar-refractivity contribution in [1.29, 1.82) is 0 Å². The van der Waals surface area contributed by atoms with Gasteiger partial charge in [0.05, 0.1) is 30.4 Å². The number of hydrogen-bond donors (Lipinski definition) is 0. The summed E-state index contributed by atoms with van der Waals surface area (Å²) in [5.41, 5.74) is 5.17. The number of methoxy groups -OCH3 is 1. The van der Waals surface area contributed by atoms with Gasteiger partial charge in [-0.2, -0.15) is 0 Å². The minimum atomic E-state index is 0.0133. The Hall–Kier alpha value is -3.80. The summed E-state index contributed by atoms with van der Waals surface area (Å²) in [5, 5.41) is 0. The van der Waals surface area contributed by atoms with Crippen LogP contribution >= 0.6 is 0 Å². The number of benzene rings is 3. The highest BCUT2D eigenvalue weighted by Gasteiger charge is 2.35. The van der Waals surface area contributed by atoms with Gasteiger partial charge in [-0.05, 0) is 55.7 Å². The van der Waals surface area contributed by atoms with Gasteiger partial charge in [0, 0.05) is 25.4 Å². The van der Waals surface area contributed by atoms with E-state index in [-0.39, 0.29) is 11.8 Å². The molecule has 5 rings (SSSR count). The molecule has 0 bridgehead atoms. The van der Waals surface area contributed by atoms with Gasteiger partial charge in [0.25, 0.3) is 0 Å². The number of fused-ring (bicyclic) bond motifs is 1. The average molecular weight is 470 g/mol. The number of nitrogens with zero attached hydrogens (tertiary/aromatic N) is 3. The molecule has 6 heteroatoms. The van der Waals surface area contributed by atoms with Crippen molar-refractivity contribution in [3.8, 4) is 11.5 Å². The molecule has 0 unspecified atom stereocenters. The molecular weight excluding hydrogens is 438 g/mol. The van der Waals surface area contributed by atoms with E-state index >= 15 is 0 Å². The monoisotopic (exact) mass is 469 g/mol. The van der Waals surface area contributed by atoms with Crippen molar-refractivity contribution in [2.24, 2.45) is 0 Å². The first-order chi connectivity index (χ1) is 17.1. The number of hydrogen-bond acceptors (Lipinski definition) is 4. The van der Waals surface area contributed by atoms with Crippen LogP contribution in [0.3, 0.4) is 0 Å². The summed E-state index contributed by atoms with van der Waals surface area (Å²) in [4.78, 5) is 19.9. The zero-order valence-electron chi connectivity index (χ0n) is 20.5. The Morgan fingerprint density at radius 1 is 0.971 bits per heavy atom. The third-order valence-electron chi connectivity index (χ3n) is 6.73. The molecule has 2 heterocycles. The summed E-state index contributed by atoms with van der Waals surface area (Å²) in [6, 6.07) is 22.1. The summed E-state index contributed by atoms with van der Waals surface area (Å²) in [7, 11) is 1.64. The van der Waals surface area contributed by atoms with E-state index in [0.29, 0.717) is 25.3 Å². The normalized spacial score (nSPS) is 15.7. The van der Waals surface area contributed by atoms with Gasteiger partial charge in [-0.25, -0.2) is 4.98 Å². The molecule has 1 aromatic heterocycles. The number of carbonyl (C=O) groups excluding carboxylic acids is 1. The molecular formula is C29H31N3O3. The summed E-state index contributed by atoms with van der Waals surface area (Å²) < 4.78 is 13.9. The summed E-state index contributed by atoms with van der Waals surface area (Å²) in [5.74, 6) is 2.75. The van der Waals surface area contributed by atoms with Gasteiger partial charge in [0.1, 0.15) is 17.3 Å². The van der Waals surface area contributed by atoms with E-state index < -0.39 is 0 Å². The third-order valence-corrected chi connectivity index (χ3v) is 6.73. The molecule has 0 spiro atoms. The number of rotatable bonds is 8. The fraction of sp³-hybridized carbons (Fsp3) is 0.310. The molecule has 35 heavy (non-hydrogen) atoms. The van der Waals surface area contributed by atoms with Crippen molar-refractivity contribution in [3.63, 3.8) is 0 Å². The van der Waals surface area contributed by atoms with Crippen LogP contribution in [0.5, 0.6) is 11.5 Å². The van der Waals surface area contributed by atoms with Crippen LogP contribution < -0.4 is 14.4 Å². The van der Waals surface area contributed by atoms with Crippen molar-refractivity contribution >= 4 is 22.6 Å². The Bertz CT molecular complexity index is 1340. The largest absolute Gasteiger partial charge is 0.495 e. The zero-order chi connectivity index (χ0) is 24.4. The lowest BCUT2D eigenvalue weighted by Gasteiger charge is -2.20. The van der Waals surface area contributed by atoms with Crippen LogP contribution in [-0.4, -0.2) is 35.7 Å². The highest BCUT2D eigenvalue weighted by molar-refractivity contribution is 5.97. The molecule has 3 aromatic carbocycles. The van der Waals surface area contributed by atoms with Crippen molar-refractivity contribution in [2.75, 3.05) is 25.2 Å². The molecule has 1 fully saturated rings. The first-order valence-electron chi connectivity index (χ1n) is 12.1. The van der Waals surface area contributed by atoms with Gasteiger partial charge in [0.15, 0.2) is 0 Å². The lowest BCUT2D eigenvalue weighted by atomic mass is 10.1. The second-order valence-electron chi connectivity index (χ2n) is 9.11. The summed E-state index contributed by atoms with van der Waals surface area (Å²) >= 11 is 0. The Morgan fingerprint density at radius 2 is 1.71 bits per heavy atom. The summed E-state index contributed by atoms with van der Waals surface area (Å²) in [6.07, 6.45) is 1.28. The lowest BCUT2D eigenvalue weighted by Crippen LogP contribution is -2.25. The van der Waals surface area contributed by atoms with Gasteiger partial charge < -0.3 is 18.9 Å². The van der Waals surface area contributed by atoms with Crippen LogP contribution in [0.2, 0.25) is 0 Å². The van der Waals surface area contributed by atoms with Gasteiger partial charge in [-0.15, -0.1) is 0 Å². The number of carbonyl (C=O) groups is 1. The van der Waals surface area contributed by atoms with Crippen LogP contribution in [0.15, 0.2) is 66.7 Å². The van der Waals surface area contributed by atoms with E-state index in [1.807, 2.05) is 47.4 Å². The second-order valence-corrected chi connectivity index (χ2v) is 9.11. The topological polar surface area (TPSA) is 56.6 Å². The molecule has 0 radical (unpaired) electrons. The number of aryl methyl sites for hydroxylation is 3. The fourth-order valence-corrected chi connectivity index (χ4v) is 5.03. The molecule has 1 atom stereocenters. The molecule has 1 aliphatic heterocycles. The van der Waals surface area contributed by atoms with Gasteiger partial charge in [0.2, 0.25) is 5.91 Å². The Balaban J connectivity index is 1.37. The minimum Gasteiger partial charge on any atom is -0.495 e. The average Bonchev–Trinajstić information content (AvgIpc) is 3.43. The highest BCUT2D eigenvalue weighted by atomic mass is 16.5. The predicted molar refractivity (Wildman–Crippen MR) is 138 cm³/mol. The van der Waals surface area contributed by atoms with Gasteiger partial charge in [-0.3, -0.25) is 4.79 Å². The number of imidazole rings is 1. The number of para-hydroxylation sites is 5. The SMILES string of the molecule is COc1ccccc1N1C[C@H](c2nc3ccccc3n2CCCOc2c(C)cccc2C)CC1=O. The van der Waals surface area contributed by atoms with E-state index in [0.717, 1.165) is 52.4 Å². The van der Waals surface area contributed by atoms with E-state index in [4.69, 9.17) is 14.5 Å². The van der Waals surface area contributed by atoms with Crippen molar-refractivity contribution in [2.45, 2.75) is 39.2 Å². The van der Waals surface area contributed by atoms with E-state index in [2.05, 4.69) is 42.7 Å². The first-order valence-corrected chi connectivity index (χ1v) is 12.1. The zero-order valence-corrected chi connectivity index (χ0v) is 20.5. The van der Waals surface area contributed by atoms with Crippen molar-refractivity contribution in [1.82, 2.24) is 9.55 Å². The number of ether oxygens (including phenoxy) is 2. The minimum absolute atomic E-state index is 0.0133. The van der Waals surface area contributed by atoms with E-state index in [9.17, 15) is 4.79 Å². The van der Waals surface area contributed by atoms with Crippen LogP contribution in [0.25, 0.3) is 11.0 Å². The second kappa shape index (κ2) is 9.82.